The second-order valence-electron chi connectivity index (χ2n) is 13.7. The minimum absolute atomic E-state index is 0.171. The van der Waals surface area contributed by atoms with Crippen molar-refractivity contribution in [1.29, 1.82) is 0 Å². The molecule has 2 saturated heterocycles. The van der Waals surface area contributed by atoms with Gasteiger partial charge in [-0.1, -0.05) is 36.4 Å². The van der Waals surface area contributed by atoms with E-state index in [0.717, 1.165) is 35.6 Å². The third-order valence-electron chi connectivity index (χ3n) is 12.1. The SMILES string of the molecule is COc1ccc2c(c1Oc1ccsc1)C13CCN(CC4CC4)C(C2)C12CCC1C3[C@@H](CN1Cc1ccccc1)C2. The number of likely N-dealkylation sites (tertiary alicyclic amines) is 2. The lowest BCUT2D eigenvalue weighted by atomic mass is 9.43. The highest BCUT2D eigenvalue weighted by Crippen LogP contribution is 2.77. The maximum Gasteiger partial charge on any atom is 0.173 e. The molecule has 2 aromatic carbocycles. The van der Waals surface area contributed by atoms with Crippen molar-refractivity contribution in [2.45, 2.75) is 69.0 Å². The van der Waals surface area contributed by atoms with Gasteiger partial charge in [-0.15, -0.1) is 11.3 Å². The number of rotatable bonds is 7. The Morgan fingerprint density at radius 1 is 1.00 bits per heavy atom. The molecule has 6 atom stereocenters. The summed E-state index contributed by atoms with van der Waals surface area (Å²) in [6, 6.07) is 19.2. The topological polar surface area (TPSA) is 24.9 Å². The summed E-state index contributed by atoms with van der Waals surface area (Å²) in [6.45, 7) is 4.91. The Morgan fingerprint density at radius 2 is 1.90 bits per heavy atom. The number of nitrogens with zero attached hydrogens (tertiary/aromatic N) is 2. The summed E-state index contributed by atoms with van der Waals surface area (Å²) in [6.07, 6.45) is 9.42. The van der Waals surface area contributed by atoms with Gasteiger partial charge in [-0.05, 0) is 103 Å². The summed E-state index contributed by atoms with van der Waals surface area (Å²) >= 11 is 1.71. The minimum Gasteiger partial charge on any atom is -0.493 e. The third-order valence-corrected chi connectivity index (χ3v) is 12.8. The maximum absolute atomic E-state index is 6.87. The summed E-state index contributed by atoms with van der Waals surface area (Å²) in [4.78, 5) is 5.85. The lowest BCUT2D eigenvalue weighted by Crippen LogP contribution is -2.69. The first kappa shape index (κ1) is 24.3. The molecular weight excluding hydrogens is 512 g/mol. The highest BCUT2D eigenvalue weighted by Gasteiger charge is 2.76. The monoisotopic (exact) mass is 552 g/mol. The quantitative estimate of drug-likeness (QED) is 0.311. The van der Waals surface area contributed by atoms with Crippen LogP contribution in [-0.4, -0.2) is 48.6 Å². The van der Waals surface area contributed by atoms with Crippen LogP contribution >= 0.6 is 11.3 Å². The Kier molecular flexibility index (Phi) is 5.36. The number of piperidine rings is 1. The van der Waals surface area contributed by atoms with E-state index < -0.39 is 0 Å². The summed E-state index contributed by atoms with van der Waals surface area (Å²) in [5, 5.41) is 4.26. The number of thiophene rings is 1. The van der Waals surface area contributed by atoms with E-state index in [9.17, 15) is 0 Å². The van der Waals surface area contributed by atoms with E-state index in [1.807, 2.05) is 7.11 Å². The Balaban J connectivity index is 1.21. The number of fused-ring (bicyclic) bond motifs is 1. The normalized spacial score (nSPS) is 35.8. The van der Waals surface area contributed by atoms with Gasteiger partial charge in [-0.2, -0.15) is 0 Å². The largest absolute Gasteiger partial charge is 0.493 e. The van der Waals surface area contributed by atoms with Crippen molar-refractivity contribution >= 4 is 11.3 Å². The summed E-state index contributed by atoms with van der Waals surface area (Å²) in [5.41, 5.74) is 5.07. The molecule has 3 saturated carbocycles. The van der Waals surface area contributed by atoms with E-state index in [-0.39, 0.29) is 5.41 Å². The van der Waals surface area contributed by atoms with Gasteiger partial charge in [0.15, 0.2) is 11.5 Å². The molecule has 4 aliphatic carbocycles. The van der Waals surface area contributed by atoms with E-state index in [2.05, 4.69) is 69.1 Å². The molecule has 1 aromatic heterocycles. The van der Waals surface area contributed by atoms with E-state index in [1.54, 1.807) is 16.9 Å². The van der Waals surface area contributed by atoms with E-state index in [4.69, 9.17) is 9.47 Å². The molecule has 6 aliphatic rings. The molecule has 3 aromatic rings. The van der Waals surface area contributed by atoms with Crippen LogP contribution in [0.5, 0.6) is 17.2 Å². The van der Waals surface area contributed by atoms with Gasteiger partial charge in [0.1, 0.15) is 5.75 Å². The van der Waals surface area contributed by atoms with Crippen LogP contribution in [0.2, 0.25) is 0 Å². The van der Waals surface area contributed by atoms with Crippen molar-refractivity contribution < 1.29 is 9.47 Å². The second-order valence-corrected chi connectivity index (χ2v) is 14.5. The van der Waals surface area contributed by atoms with Crippen LogP contribution in [0.3, 0.4) is 0 Å². The van der Waals surface area contributed by atoms with Crippen molar-refractivity contribution in [1.82, 2.24) is 9.80 Å². The van der Waals surface area contributed by atoms with Crippen LogP contribution < -0.4 is 9.47 Å². The van der Waals surface area contributed by atoms with Gasteiger partial charge in [-0.3, -0.25) is 9.80 Å². The molecule has 0 radical (unpaired) electrons. The van der Waals surface area contributed by atoms with Gasteiger partial charge in [-0.25, -0.2) is 0 Å². The van der Waals surface area contributed by atoms with Crippen molar-refractivity contribution in [2.24, 2.45) is 23.2 Å². The third kappa shape index (κ3) is 3.26. The lowest BCUT2D eigenvalue weighted by Gasteiger charge is -2.66. The smallest absolute Gasteiger partial charge is 0.173 e. The molecule has 40 heavy (non-hydrogen) atoms. The van der Waals surface area contributed by atoms with Gasteiger partial charge in [0.05, 0.1) is 7.11 Å². The Hall–Kier alpha value is -2.34. The Morgan fingerprint density at radius 3 is 2.70 bits per heavy atom. The zero-order valence-corrected chi connectivity index (χ0v) is 24.4. The molecule has 5 fully saturated rings. The Labute approximate surface area is 242 Å². The fraction of sp³-hybridized carbons (Fsp3) is 0.543. The van der Waals surface area contributed by atoms with Crippen molar-refractivity contribution in [3.8, 4) is 17.2 Å². The first-order valence-corrected chi connectivity index (χ1v) is 16.6. The van der Waals surface area contributed by atoms with Crippen molar-refractivity contribution in [3.05, 3.63) is 76.0 Å². The first-order chi connectivity index (χ1) is 19.7. The standard InChI is InChI=1S/C35H40N2O2S/c1-38-29-10-9-25-17-30-34-13-11-28-31(26(18-34)21-37(28)20-23-5-3-2-4-6-23)35(34,14-15-36(30)19-24-7-8-24)32(25)33(29)39-27-12-16-40-22-27/h2-6,9-10,12,16,22,24,26,28,30-31H,7-8,11,13-15,17-21H2,1H3/t26-,28?,30?,31?,34?,35?/m1/s1. The lowest BCUT2D eigenvalue weighted by molar-refractivity contribution is -0.106. The zero-order chi connectivity index (χ0) is 26.5. The van der Waals surface area contributed by atoms with Gasteiger partial charge >= 0.3 is 0 Å². The number of hydrogen-bond donors (Lipinski definition) is 0. The summed E-state index contributed by atoms with van der Waals surface area (Å²) in [5.74, 6) is 5.30. The summed E-state index contributed by atoms with van der Waals surface area (Å²) < 4.78 is 12.9. The number of hydrogen-bond acceptors (Lipinski definition) is 5. The van der Waals surface area contributed by atoms with E-state index >= 15 is 0 Å². The molecule has 2 aliphatic heterocycles. The molecule has 0 spiro atoms. The van der Waals surface area contributed by atoms with Crippen LogP contribution in [0.1, 0.15) is 55.2 Å². The second kappa shape index (κ2) is 8.83. The first-order valence-electron chi connectivity index (χ1n) is 15.6. The van der Waals surface area contributed by atoms with E-state index in [0.29, 0.717) is 23.4 Å². The minimum atomic E-state index is 0.171. The molecule has 9 rings (SSSR count). The van der Waals surface area contributed by atoms with Crippen molar-refractivity contribution in [2.75, 3.05) is 26.7 Å². The van der Waals surface area contributed by atoms with Crippen LogP contribution in [0, 0.1) is 23.2 Å². The average molecular weight is 553 g/mol. The van der Waals surface area contributed by atoms with Gasteiger partial charge in [0.2, 0.25) is 0 Å². The molecule has 208 valence electrons. The predicted molar refractivity (Wildman–Crippen MR) is 159 cm³/mol. The fourth-order valence-corrected chi connectivity index (χ4v) is 11.4. The highest BCUT2D eigenvalue weighted by atomic mass is 32.1. The molecule has 0 amide bonds. The fourth-order valence-electron chi connectivity index (χ4n) is 10.8. The van der Waals surface area contributed by atoms with E-state index in [1.165, 1.54) is 75.7 Å². The van der Waals surface area contributed by atoms with Crippen molar-refractivity contribution in [3.63, 3.8) is 0 Å². The Bertz CT molecular complexity index is 1420. The maximum atomic E-state index is 6.87. The molecular formula is C35H40N2O2S. The van der Waals surface area contributed by atoms with Gasteiger partial charge in [0, 0.05) is 48.1 Å². The molecule has 4 bridgehead atoms. The summed E-state index contributed by atoms with van der Waals surface area (Å²) in [7, 11) is 1.82. The van der Waals surface area contributed by atoms with Crippen LogP contribution in [-0.2, 0) is 18.4 Å². The molecule has 3 heterocycles. The molecule has 4 nitrogen and oxygen atoms in total. The number of ether oxygens (including phenoxy) is 2. The number of benzene rings is 2. The zero-order valence-electron chi connectivity index (χ0n) is 23.6. The molecule has 5 heteroatoms. The van der Waals surface area contributed by atoms with Crippen LogP contribution in [0.15, 0.2) is 59.3 Å². The van der Waals surface area contributed by atoms with Crippen LogP contribution in [0.4, 0.5) is 0 Å². The highest BCUT2D eigenvalue weighted by molar-refractivity contribution is 7.08. The van der Waals surface area contributed by atoms with Gasteiger partial charge in [0.25, 0.3) is 0 Å². The average Bonchev–Trinajstić information content (AvgIpc) is 3.43. The predicted octanol–water partition coefficient (Wildman–Crippen LogP) is 7.13. The molecule has 5 unspecified atom stereocenters. The van der Waals surface area contributed by atoms with Crippen LogP contribution in [0.25, 0.3) is 0 Å². The number of methoxy groups -OCH3 is 1. The molecule has 0 N–H and O–H groups in total. The van der Waals surface area contributed by atoms with Gasteiger partial charge < -0.3 is 9.47 Å².